The van der Waals surface area contributed by atoms with Crippen LogP contribution in [0.4, 0.5) is 0 Å². The smallest absolute Gasteiger partial charge is 0.0822 e. The lowest BCUT2D eigenvalue weighted by Gasteiger charge is -2.03. The third kappa shape index (κ3) is 17.9. The van der Waals surface area contributed by atoms with E-state index >= 15 is 0 Å². The first-order chi connectivity index (χ1) is 9.91. The molecule has 120 valence electrons. The predicted molar refractivity (Wildman–Crippen MR) is 85.0 cm³/mol. The molecule has 0 fully saturated rings. The Balaban J connectivity index is 2.89. The van der Waals surface area contributed by atoms with E-state index in [9.17, 15) is 10.2 Å². The Kier molecular flexibility index (Phi) is 18.8. The molecule has 0 aromatic rings. The van der Waals surface area contributed by atoms with Gasteiger partial charge >= 0.3 is 0 Å². The third-order valence-corrected chi connectivity index (χ3v) is 4.04. The van der Waals surface area contributed by atoms with Crippen LogP contribution in [0.1, 0.15) is 103 Å². The summed E-state index contributed by atoms with van der Waals surface area (Å²) in [5.41, 5.74) is 0. The van der Waals surface area contributed by atoms with Gasteiger partial charge in [0.2, 0.25) is 0 Å². The Hall–Kier alpha value is -0.0800. The summed E-state index contributed by atoms with van der Waals surface area (Å²) in [5.74, 6) is 0. The third-order valence-electron chi connectivity index (χ3n) is 4.04. The molecule has 2 radical (unpaired) electrons. The van der Waals surface area contributed by atoms with Crippen molar-refractivity contribution in [2.45, 2.75) is 103 Å². The van der Waals surface area contributed by atoms with E-state index in [1.165, 1.54) is 77.0 Å². The normalized spacial score (nSPS) is 11.1. The molecule has 0 aliphatic heterocycles. The largest absolute Gasteiger partial charge is 0.237 e. The molecule has 0 aromatic heterocycles. The highest BCUT2D eigenvalue weighted by molar-refractivity contribution is 4.49. The second-order valence-electron chi connectivity index (χ2n) is 6.07. The van der Waals surface area contributed by atoms with Crippen molar-refractivity contribution in [3.8, 4) is 0 Å². The lowest BCUT2D eigenvalue weighted by Crippen LogP contribution is -1.85. The lowest BCUT2D eigenvalue weighted by molar-refractivity contribution is 0.185. The van der Waals surface area contributed by atoms with Crippen LogP contribution >= 0.6 is 0 Å². The average Bonchev–Trinajstić information content (AvgIpc) is 2.47. The standard InChI is InChI=1S/C18H36O2/c19-17-15-13-11-9-7-5-3-1-2-4-6-8-10-12-14-16-18-20/h1-18H2. The Morgan fingerprint density at radius 1 is 0.250 bits per heavy atom. The fraction of sp³-hybridized carbons (Fsp3) is 1.00. The highest BCUT2D eigenvalue weighted by atomic mass is 16.3. The first-order valence-corrected chi connectivity index (χ1v) is 9.08. The molecule has 0 spiro atoms. The van der Waals surface area contributed by atoms with Gasteiger partial charge in [0, 0.05) is 0 Å². The van der Waals surface area contributed by atoms with Crippen LogP contribution < -0.4 is 0 Å². The van der Waals surface area contributed by atoms with Crippen molar-refractivity contribution in [1.29, 1.82) is 0 Å². The number of unbranched alkanes of at least 4 members (excludes halogenated alkanes) is 15. The van der Waals surface area contributed by atoms with E-state index in [0.717, 1.165) is 25.7 Å². The van der Waals surface area contributed by atoms with Crippen molar-refractivity contribution >= 4 is 0 Å². The predicted octanol–water partition coefficient (Wildman–Crippen LogP) is 6.09. The molecule has 2 nitrogen and oxygen atoms in total. The molecule has 0 saturated heterocycles. The van der Waals surface area contributed by atoms with Gasteiger partial charge in [0.15, 0.2) is 0 Å². The van der Waals surface area contributed by atoms with Crippen LogP contribution in [0.2, 0.25) is 0 Å². The van der Waals surface area contributed by atoms with Crippen LogP contribution in [0, 0.1) is 0 Å². The lowest BCUT2D eigenvalue weighted by atomic mass is 10.0. The molecule has 0 amide bonds. The minimum Gasteiger partial charge on any atom is -0.237 e. The van der Waals surface area contributed by atoms with Gasteiger partial charge in [0.1, 0.15) is 0 Å². The van der Waals surface area contributed by atoms with E-state index < -0.39 is 0 Å². The van der Waals surface area contributed by atoms with Crippen LogP contribution in [0.3, 0.4) is 0 Å². The topological polar surface area (TPSA) is 39.8 Å². The fourth-order valence-corrected chi connectivity index (χ4v) is 2.68. The molecular weight excluding hydrogens is 248 g/mol. The van der Waals surface area contributed by atoms with Crippen molar-refractivity contribution in [2.75, 3.05) is 13.2 Å². The van der Waals surface area contributed by atoms with Crippen molar-refractivity contribution in [3.63, 3.8) is 0 Å². The van der Waals surface area contributed by atoms with Crippen molar-refractivity contribution in [3.05, 3.63) is 0 Å². The van der Waals surface area contributed by atoms with Gasteiger partial charge in [0.25, 0.3) is 0 Å². The summed E-state index contributed by atoms with van der Waals surface area (Å²) in [6.07, 6.45) is 20.3. The minimum absolute atomic E-state index is 0.110. The summed E-state index contributed by atoms with van der Waals surface area (Å²) in [5, 5.41) is 20.5. The summed E-state index contributed by atoms with van der Waals surface area (Å²) >= 11 is 0. The van der Waals surface area contributed by atoms with Gasteiger partial charge < -0.3 is 0 Å². The molecule has 2 heteroatoms. The molecule has 0 bridgehead atoms. The van der Waals surface area contributed by atoms with Crippen LogP contribution in [0.5, 0.6) is 0 Å². The molecule has 0 N–H and O–H groups in total. The number of hydrogen-bond donors (Lipinski definition) is 0. The zero-order chi connectivity index (χ0) is 14.7. The van der Waals surface area contributed by atoms with Crippen LogP contribution in [0.25, 0.3) is 0 Å². The Labute approximate surface area is 127 Å². The van der Waals surface area contributed by atoms with Gasteiger partial charge in [-0.3, -0.25) is 0 Å². The summed E-state index contributed by atoms with van der Waals surface area (Å²) in [4.78, 5) is 0. The van der Waals surface area contributed by atoms with E-state index in [4.69, 9.17) is 0 Å². The summed E-state index contributed by atoms with van der Waals surface area (Å²) in [7, 11) is 0. The Bertz CT molecular complexity index is 141. The first-order valence-electron chi connectivity index (χ1n) is 9.08. The van der Waals surface area contributed by atoms with Gasteiger partial charge in [-0.2, -0.15) is 0 Å². The quantitative estimate of drug-likeness (QED) is 0.290. The number of rotatable bonds is 17. The maximum absolute atomic E-state index is 10.3. The number of hydrogen-bond acceptors (Lipinski definition) is 0. The van der Waals surface area contributed by atoms with E-state index in [1.807, 2.05) is 0 Å². The molecule has 0 aliphatic rings. The second-order valence-corrected chi connectivity index (χ2v) is 6.07. The van der Waals surface area contributed by atoms with Crippen molar-refractivity contribution in [1.82, 2.24) is 0 Å². The fourth-order valence-electron chi connectivity index (χ4n) is 2.68. The highest BCUT2D eigenvalue weighted by Crippen LogP contribution is 2.13. The van der Waals surface area contributed by atoms with Crippen LogP contribution in [-0.2, 0) is 10.2 Å². The summed E-state index contributed by atoms with van der Waals surface area (Å²) in [6, 6.07) is 0. The SMILES string of the molecule is [O]CCCCCCCCCCCCCCCCCC[O]. The average molecular weight is 284 g/mol. The monoisotopic (exact) mass is 284 g/mol. The molecular formula is C18H36O2. The molecule has 0 unspecified atom stereocenters. The maximum Gasteiger partial charge on any atom is 0.0822 e. The first kappa shape index (κ1) is 19.9. The van der Waals surface area contributed by atoms with E-state index in [2.05, 4.69) is 0 Å². The van der Waals surface area contributed by atoms with E-state index in [1.54, 1.807) is 0 Å². The molecule has 0 saturated carbocycles. The van der Waals surface area contributed by atoms with Crippen molar-refractivity contribution < 1.29 is 10.2 Å². The molecule has 0 aliphatic carbocycles. The minimum atomic E-state index is 0.110. The van der Waals surface area contributed by atoms with Crippen LogP contribution in [-0.4, -0.2) is 13.2 Å². The van der Waals surface area contributed by atoms with E-state index in [-0.39, 0.29) is 13.2 Å². The molecule has 0 rings (SSSR count). The highest BCUT2D eigenvalue weighted by Gasteiger charge is 1.94. The van der Waals surface area contributed by atoms with Gasteiger partial charge in [-0.05, 0) is 12.8 Å². The van der Waals surface area contributed by atoms with Gasteiger partial charge in [-0.25, -0.2) is 10.2 Å². The second kappa shape index (κ2) is 18.9. The molecule has 0 heterocycles. The van der Waals surface area contributed by atoms with Crippen LogP contribution in [0.15, 0.2) is 0 Å². The summed E-state index contributed by atoms with van der Waals surface area (Å²) < 4.78 is 0. The molecule has 0 atom stereocenters. The van der Waals surface area contributed by atoms with E-state index in [0.29, 0.717) is 0 Å². The van der Waals surface area contributed by atoms with Crippen molar-refractivity contribution in [2.24, 2.45) is 0 Å². The molecule has 0 aromatic carbocycles. The van der Waals surface area contributed by atoms with Gasteiger partial charge in [-0.1, -0.05) is 89.9 Å². The molecule has 20 heavy (non-hydrogen) atoms. The van der Waals surface area contributed by atoms with Gasteiger partial charge in [-0.15, -0.1) is 0 Å². The zero-order valence-corrected chi connectivity index (χ0v) is 13.5. The van der Waals surface area contributed by atoms with Gasteiger partial charge in [0.05, 0.1) is 13.2 Å². The maximum atomic E-state index is 10.3. The Morgan fingerprint density at radius 3 is 0.550 bits per heavy atom. The Morgan fingerprint density at radius 2 is 0.400 bits per heavy atom. The summed E-state index contributed by atoms with van der Waals surface area (Å²) in [6.45, 7) is 0.220. The zero-order valence-electron chi connectivity index (χ0n) is 13.5.